The predicted octanol–water partition coefficient (Wildman–Crippen LogP) is 2.70. The van der Waals surface area contributed by atoms with Crippen molar-refractivity contribution < 1.29 is 4.79 Å². The van der Waals surface area contributed by atoms with Gasteiger partial charge in [0.2, 0.25) is 5.91 Å². The first-order chi connectivity index (χ1) is 10.2. The van der Waals surface area contributed by atoms with E-state index in [1.54, 1.807) is 18.6 Å². The number of benzene rings is 1. The molecule has 4 nitrogen and oxygen atoms in total. The van der Waals surface area contributed by atoms with Gasteiger partial charge in [0.25, 0.3) is 0 Å². The Hall–Kier alpha value is -2.36. The van der Waals surface area contributed by atoms with Gasteiger partial charge in [-0.25, -0.2) is 4.98 Å². The van der Waals surface area contributed by atoms with Gasteiger partial charge in [0.1, 0.15) is 6.04 Å². The van der Waals surface area contributed by atoms with Crippen LogP contribution in [0.4, 0.5) is 0 Å². The molecule has 4 heteroatoms. The standard InChI is InChI=1S/C17H21N3O/c1-3-11-19(12-9-16-7-5-4-6-8-16)17(21)15(2)20-13-10-18-14-20/h3-8,10,13-15H,1,9,11-12H2,2H3/t15-/m1/s1. The minimum Gasteiger partial charge on any atom is -0.337 e. The van der Waals surface area contributed by atoms with E-state index >= 15 is 0 Å². The highest BCUT2D eigenvalue weighted by Gasteiger charge is 2.20. The molecule has 0 bridgehead atoms. The van der Waals surface area contributed by atoms with Gasteiger partial charge < -0.3 is 9.47 Å². The number of rotatable bonds is 7. The van der Waals surface area contributed by atoms with E-state index in [4.69, 9.17) is 0 Å². The van der Waals surface area contributed by atoms with Crippen LogP contribution in [0, 0.1) is 0 Å². The van der Waals surface area contributed by atoms with Crippen LogP contribution in [-0.4, -0.2) is 33.4 Å². The average molecular weight is 283 g/mol. The minimum atomic E-state index is -0.247. The van der Waals surface area contributed by atoms with Gasteiger partial charge in [0, 0.05) is 25.5 Å². The molecule has 0 fully saturated rings. The fourth-order valence-corrected chi connectivity index (χ4v) is 2.25. The Balaban J connectivity index is 2.00. The number of hydrogen-bond donors (Lipinski definition) is 0. The third kappa shape index (κ3) is 4.05. The predicted molar refractivity (Wildman–Crippen MR) is 83.9 cm³/mol. The molecular formula is C17H21N3O. The summed E-state index contributed by atoms with van der Waals surface area (Å²) < 4.78 is 1.82. The molecule has 1 amide bonds. The number of carbonyl (C=O) groups excluding carboxylic acids is 1. The first-order valence-corrected chi connectivity index (χ1v) is 7.13. The lowest BCUT2D eigenvalue weighted by atomic mass is 10.1. The van der Waals surface area contributed by atoms with Crippen LogP contribution in [0.15, 0.2) is 61.7 Å². The Labute approximate surface area is 125 Å². The van der Waals surface area contributed by atoms with Gasteiger partial charge in [-0.3, -0.25) is 4.79 Å². The van der Waals surface area contributed by atoms with E-state index in [-0.39, 0.29) is 11.9 Å². The van der Waals surface area contributed by atoms with Crippen LogP contribution in [0.5, 0.6) is 0 Å². The summed E-state index contributed by atoms with van der Waals surface area (Å²) in [5.74, 6) is 0.0869. The van der Waals surface area contributed by atoms with E-state index in [2.05, 4.69) is 23.7 Å². The lowest BCUT2D eigenvalue weighted by Gasteiger charge is -2.25. The van der Waals surface area contributed by atoms with Crippen LogP contribution in [0.2, 0.25) is 0 Å². The maximum atomic E-state index is 12.6. The molecular weight excluding hydrogens is 262 g/mol. The maximum absolute atomic E-state index is 12.6. The van der Waals surface area contributed by atoms with Crippen LogP contribution < -0.4 is 0 Å². The zero-order valence-electron chi connectivity index (χ0n) is 12.4. The van der Waals surface area contributed by atoms with Crippen LogP contribution in [0.1, 0.15) is 18.5 Å². The number of aromatic nitrogens is 2. The van der Waals surface area contributed by atoms with E-state index in [1.807, 2.05) is 40.8 Å². The van der Waals surface area contributed by atoms with Gasteiger partial charge in [-0.15, -0.1) is 6.58 Å². The summed E-state index contributed by atoms with van der Waals surface area (Å²) >= 11 is 0. The fraction of sp³-hybridized carbons (Fsp3) is 0.294. The fourth-order valence-electron chi connectivity index (χ4n) is 2.25. The lowest BCUT2D eigenvalue weighted by molar-refractivity contribution is -0.133. The Morgan fingerprint density at radius 3 is 2.81 bits per heavy atom. The van der Waals surface area contributed by atoms with Crippen LogP contribution >= 0.6 is 0 Å². The van der Waals surface area contributed by atoms with Crippen LogP contribution in [0.3, 0.4) is 0 Å². The molecule has 1 aromatic carbocycles. The zero-order chi connectivity index (χ0) is 15.1. The van der Waals surface area contributed by atoms with E-state index in [0.717, 1.165) is 6.42 Å². The molecule has 110 valence electrons. The Morgan fingerprint density at radius 2 is 2.19 bits per heavy atom. The van der Waals surface area contributed by atoms with Gasteiger partial charge >= 0.3 is 0 Å². The third-order valence-electron chi connectivity index (χ3n) is 3.50. The zero-order valence-corrected chi connectivity index (χ0v) is 12.4. The second-order valence-corrected chi connectivity index (χ2v) is 4.99. The molecule has 0 spiro atoms. The van der Waals surface area contributed by atoms with Crippen molar-refractivity contribution in [2.75, 3.05) is 13.1 Å². The molecule has 0 saturated carbocycles. The SMILES string of the molecule is C=CCN(CCc1ccccc1)C(=O)[C@@H](C)n1ccnc1. The summed E-state index contributed by atoms with van der Waals surface area (Å²) in [7, 11) is 0. The van der Waals surface area contributed by atoms with Crippen molar-refractivity contribution in [3.63, 3.8) is 0 Å². The van der Waals surface area contributed by atoms with Gasteiger partial charge in [-0.05, 0) is 18.9 Å². The highest BCUT2D eigenvalue weighted by Crippen LogP contribution is 2.11. The number of carbonyl (C=O) groups is 1. The molecule has 0 aliphatic rings. The highest BCUT2D eigenvalue weighted by molar-refractivity contribution is 5.80. The highest BCUT2D eigenvalue weighted by atomic mass is 16.2. The largest absolute Gasteiger partial charge is 0.337 e. The summed E-state index contributed by atoms with van der Waals surface area (Å²) in [6.45, 7) is 6.89. The molecule has 1 heterocycles. The molecule has 0 aliphatic carbocycles. The molecule has 0 saturated heterocycles. The summed E-state index contributed by atoms with van der Waals surface area (Å²) in [4.78, 5) is 18.4. The Kier molecular flexibility index (Phi) is 5.32. The molecule has 0 radical (unpaired) electrons. The molecule has 0 unspecified atom stereocenters. The monoisotopic (exact) mass is 283 g/mol. The van der Waals surface area contributed by atoms with E-state index in [9.17, 15) is 4.79 Å². The van der Waals surface area contributed by atoms with Crippen LogP contribution in [0.25, 0.3) is 0 Å². The van der Waals surface area contributed by atoms with Crippen LogP contribution in [-0.2, 0) is 11.2 Å². The number of imidazole rings is 1. The topological polar surface area (TPSA) is 38.1 Å². The van der Waals surface area contributed by atoms with Crippen molar-refractivity contribution in [1.82, 2.24) is 14.5 Å². The minimum absolute atomic E-state index is 0.0869. The molecule has 1 aromatic heterocycles. The molecule has 0 N–H and O–H groups in total. The second kappa shape index (κ2) is 7.43. The second-order valence-electron chi connectivity index (χ2n) is 4.99. The Bertz CT molecular complexity index is 563. The normalized spacial score (nSPS) is 11.9. The lowest BCUT2D eigenvalue weighted by Crippen LogP contribution is -2.37. The first-order valence-electron chi connectivity index (χ1n) is 7.13. The maximum Gasteiger partial charge on any atom is 0.245 e. The summed E-state index contributed by atoms with van der Waals surface area (Å²) in [5, 5.41) is 0. The van der Waals surface area contributed by atoms with Gasteiger partial charge in [0.15, 0.2) is 0 Å². The van der Waals surface area contributed by atoms with Gasteiger partial charge in [-0.2, -0.15) is 0 Å². The summed E-state index contributed by atoms with van der Waals surface area (Å²) in [6, 6.07) is 9.94. The molecule has 2 aromatic rings. The summed E-state index contributed by atoms with van der Waals surface area (Å²) in [5.41, 5.74) is 1.23. The Morgan fingerprint density at radius 1 is 1.43 bits per heavy atom. The van der Waals surface area contributed by atoms with Crippen molar-refractivity contribution >= 4 is 5.91 Å². The van der Waals surface area contributed by atoms with Gasteiger partial charge in [-0.1, -0.05) is 36.4 Å². The smallest absolute Gasteiger partial charge is 0.245 e. The van der Waals surface area contributed by atoms with Crippen molar-refractivity contribution in [1.29, 1.82) is 0 Å². The average Bonchev–Trinajstić information content (AvgIpc) is 3.05. The van der Waals surface area contributed by atoms with Crippen molar-refractivity contribution in [3.05, 3.63) is 67.3 Å². The molecule has 21 heavy (non-hydrogen) atoms. The van der Waals surface area contributed by atoms with E-state index < -0.39 is 0 Å². The summed E-state index contributed by atoms with van der Waals surface area (Å²) in [6.07, 6.45) is 7.78. The van der Waals surface area contributed by atoms with Crippen molar-refractivity contribution in [2.45, 2.75) is 19.4 Å². The molecule has 2 rings (SSSR count). The first kappa shape index (κ1) is 15.0. The molecule has 1 atom stereocenters. The quantitative estimate of drug-likeness (QED) is 0.733. The van der Waals surface area contributed by atoms with Crippen molar-refractivity contribution in [3.8, 4) is 0 Å². The number of nitrogens with zero attached hydrogens (tertiary/aromatic N) is 3. The number of hydrogen-bond acceptors (Lipinski definition) is 2. The van der Waals surface area contributed by atoms with E-state index in [0.29, 0.717) is 13.1 Å². The van der Waals surface area contributed by atoms with E-state index in [1.165, 1.54) is 5.56 Å². The van der Waals surface area contributed by atoms with Crippen molar-refractivity contribution in [2.24, 2.45) is 0 Å². The molecule has 0 aliphatic heterocycles. The number of amides is 1. The van der Waals surface area contributed by atoms with Gasteiger partial charge in [0.05, 0.1) is 6.33 Å². The third-order valence-corrected chi connectivity index (χ3v) is 3.50.